The first-order valence-electron chi connectivity index (χ1n) is 34.0. The van der Waals surface area contributed by atoms with E-state index in [-0.39, 0.29) is 118 Å². The third-order valence-corrected chi connectivity index (χ3v) is 15.1. The smallest absolute Gasteiger partial charge is 0.128 e. The summed E-state index contributed by atoms with van der Waals surface area (Å²) >= 11 is 0. The van der Waals surface area contributed by atoms with Crippen LogP contribution in [-0.4, -0.2) is 174 Å². The maximum Gasteiger partial charge on any atom is 0.128 e. The van der Waals surface area contributed by atoms with Crippen molar-refractivity contribution < 1.29 is 91.5 Å². The number of aldehydes is 6. The predicted octanol–water partition coefficient (Wildman–Crippen LogP) is 12.3. The molecule has 0 amide bonds. The van der Waals surface area contributed by atoms with Gasteiger partial charge in [-0.25, -0.2) is 0 Å². The first-order chi connectivity index (χ1) is 41.4. The van der Waals surface area contributed by atoms with Gasteiger partial charge in [-0.3, -0.25) is 0 Å². The van der Waals surface area contributed by atoms with Crippen LogP contribution in [0.2, 0.25) is 0 Å². The Morgan fingerprint density at radius 2 is 0.714 bits per heavy atom. The number of aliphatic hydroxyl groups excluding tert-OH is 12. The molecule has 0 aliphatic carbocycles. The lowest BCUT2D eigenvalue weighted by atomic mass is 9.82. The van der Waals surface area contributed by atoms with E-state index < -0.39 is 41.3 Å². The van der Waals surface area contributed by atoms with E-state index in [9.17, 15) is 69.6 Å². The SMILES string of the molecule is C.CC(C)C(O)C(C)(C)C=O.CC(C)C(O)C(C)(C)CO.CC(C)C=O.CCC(C=O)C(O)C(C)C.CCC(CO)C(O)C(C)C.CCCC(O)C(C)(C)C=O.CCCC(O)C(C)(C)CO.CCCC(O)C(C=O)CC.CCCC(O)C(CC)CO.CCCC=O.[HH]. The van der Waals surface area contributed by atoms with Crippen molar-refractivity contribution in [2.45, 2.75) is 333 Å². The van der Waals surface area contributed by atoms with Gasteiger partial charge < -0.3 is 90.0 Å². The van der Waals surface area contributed by atoms with Crippen molar-refractivity contribution in [2.24, 2.45) is 74.9 Å². The molecule has 0 fully saturated rings. The minimum atomic E-state index is -0.603. The monoisotopic (exact) mass is 1320 g/mol. The minimum absolute atomic E-state index is 0. The Morgan fingerprint density at radius 1 is 0.374 bits per heavy atom. The number of rotatable bonds is 35. The van der Waals surface area contributed by atoms with Crippen LogP contribution in [0.1, 0.15) is 286 Å². The van der Waals surface area contributed by atoms with Crippen LogP contribution in [0.4, 0.5) is 0 Å². The van der Waals surface area contributed by atoms with E-state index in [0.717, 1.165) is 115 Å². The van der Waals surface area contributed by atoms with Crippen molar-refractivity contribution in [1.82, 2.24) is 0 Å². The highest BCUT2D eigenvalue weighted by molar-refractivity contribution is 5.59. The third-order valence-electron chi connectivity index (χ3n) is 15.1. The van der Waals surface area contributed by atoms with Crippen LogP contribution in [0.25, 0.3) is 0 Å². The highest BCUT2D eigenvalue weighted by Crippen LogP contribution is 2.26. The minimum Gasteiger partial charge on any atom is -0.396 e. The van der Waals surface area contributed by atoms with Crippen molar-refractivity contribution in [1.29, 1.82) is 0 Å². The van der Waals surface area contributed by atoms with Crippen LogP contribution in [0.5, 0.6) is 0 Å². The number of carbonyl (C=O) groups excluding carboxylic acids is 6. The number of hydrogen-bond acceptors (Lipinski definition) is 18. The fraction of sp³-hybridized carbons (Fsp3) is 0.918. The Kier molecular flexibility index (Phi) is 87.2. The molecule has 0 aromatic carbocycles. The van der Waals surface area contributed by atoms with Crippen LogP contribution in [0.15, 0.2) is 0 Å². The summed E-state index contributed by atoms with van der Waals surface area (Å²) in [5, 5.41) is 110. The summed E-state index contributed by atoms with van der Waals surface area (Å²) in [6, 6.07) is 0. The quantitative estimate of drug-likeness (QED) is 0.0262. The molecule has 91 heavy (non-hydrogen) atoms. The maximum atomic E-state index is 10.4. The van der Waals surface area contributed by atoms with E-state index in [1.54, 1.807) is 27.7 Å². The summed E-state index contributed by atoms with van der Waals surface area (Å²) < 4.78 is 0. The molecule has 0 aromatic heterocycles. The fourth-order valence-corrected chi connectivity index (χ4v) is 7.49. The van der Waals surface area contributed by atoms with Crippen LogP contribution < -0.4 is 0 Å². The van der Waals surface area contributed by atoms with Crippen LogP contribution in [-0.2, 0) is 28.8 Å². The van der Waals surface area contributed by atoms with Crippen LogP contribution >= 0.6 is 0 Å². The number of unbranched alkanes of at least 4 members (excludes halogenated alkanes) is 1. The molecule has 18 nitrogen and oxygen atoms in total. The van der Waals surface area contributed by atoms with E-state index in [0.29, 0.717) is 12.8 Å². The molecule has 0 spiro atoms. The molecule has 12 N–H and O–H groups in total. The molecule has 12 unspecified atom stereocenters. The molecular formula is C73H158O18. The summed E-state index contributed by atoms with van der Waals surface area (Å²) in [5.41, 5.74) is -1.88. The van der Waals surface area contributed by atoms with Gasteiger partial charge in [0, 0.05) is 72.3 Å². The van der Waals surface area contributed by atoms with Gasteiger partial charge >= 0.3 is 0 Å². The first-order valence-corrected chi connectivity index (χ1v) is 34.0. The highest BCUT2D eigenvalue weighted by Gasteiger charge is 2.31. The molecule has 12 atom stereocenters. The Balaban J connectivity index is -0.0000000776. The van der Waals surface area contributed by atoms with Gasteiger partial charge in [0.15, 0.2) is 0 Å². The zero-order chi connectivity index (χ0) is 73.8. The number of aliphatic hydroxyl groups is 12. The molecule has 558 valence electrons. The molecule has 0 bridgehead atoms. The lowest BCUT2D eigenvalue weighted by molar-refractivity contribution is -0.122. The van der Waals surface area contributed by atoms with Crippen molar-refractivity contribution >= 4 is 37.7 Å². The predicted molar refractivity (Wildman–Crippen MR) is 381 cm³/mol. The molecule has 0 aliphatic rings. The van der Waals surface area contributed by atoms with E-state index in [2.05, 4.69) is 0 Å². The zero-order valence-electron chi connectivity index (χ0n) is 62.8. The average molecular weight is 1320 g/mol. The Bertz CT molecular complexity index is 1540. The fourth-order valence-electron chi connectivity index (χ4n) is 7.49. The molecule has 0 aliphatic heterocycles. The lowest BCUT2D eigenvalue weighted by Gasteiger charge is -2.30. The molecule has 18 heteroatoms. The molecule has 0 saturated heterocycles. The van der Waals surface area contributed by atoms with Crippen molar-refractivity contribution in [3.05, 3.63) is 0 Å². The van der Waals surface area contributed by atoms with E-state index in [1.807, 2.05) is 159 Å². The second kappa shape index (κ2) is 70.3. The lowest BCUT2D eigenvalue weighted by Crippen LogP contribution is -2.36. The van der Waals surface area contributed by atoms with Crippen molar-refractivity contribution in [3.63, 3.8) is 0 Å². The van der Waals surface area contributed by atoms with Crippen molar-refractivity contribution in [2.75, 3.05) is 26.4 Å². The summed E-state index contributed by atoms with van der Waals surface area (Å²) in [7, 11) is 0. The van der Waals surface area contributed by atoms with Crippen LogP contribution in [0.3, 0.4) is 0 Å². The number of hydrogen-bond donors (Lipinski definition) is 12. The van der Waals surface area contributed by atoms with E-state index in [4.69, 9.17) is 20.4 Å². The van der Waals surface area contributed by atoms with Gasteiger partial charge in [-0.15, -0.1) is 0 Å². The van der Waals surface area contributed by atoms with Gasteiger partial charge in [-0.2, -0.15) is 0 Å². The molecule has 0 saturated carbocycles. The second-order valence-corrected chi connectivity index (χ2v) is 27.8. The first kappa shape index (κ1) is 113. The molecular weight excluding hydrogens is 1160 g/mol. The summed E-state index contributed by atoms with van der Waals surface area (Å²) in [4.78, 5) is 60.3. The molecule has 0 radical (unpaired) electrons. The molecule has 0 aromatic rings. The Morgan fingerprint density at radius 3 is 0.890 bits per heavy atom. The average Bonchev–Trinajstić information content (AvgIpc) is 2.49. The van der Waals surface area contributed by atoms with Gasteiger partial charge in [0.05, 0.1) is 62.0 Å². The summed E-state index contributed by atoms with van der Waals surface area (Å²) in [6.45, 7) is 51.7. The van der Waals surface area contributed by atoms with Gasteiger partial charge in [0.2, 0.25) is 0 Å². The normalized spacial score (nSPS) is 15.0. The highest BCUT2D eigenvalue weighted by atomic mass is 16.3. The Hall–Kier alpha value is -2.46. The molecule has 0 heterocycles. The standard InChI is InChI=1S/C8H18O2.C8H16O2.C8H18O2.C8H16O2.C8H18O2.C8H16O2.C8H18O2.C8H16O2.2C4H8O.CH4.H2/c2*1-6(2)7(10)8(3,4)5-9;2*1-4-7(5-9)8(10)6(2)3;2*1-4-5-7(10)8(2,3)6-9;2*1-3-5-8(10)7(4-2)6-9;1-4(2)3-5;1-2-3-4-5;;/h6-7,9-10H,5H2,1-4H3;5-7,10H,1-4H3;6-10H,4-5H2,1-3H3;5-8,10H,4H2,1-3H3;7,9-10H,4-6H2,1-3H3;6-7,10H,4-5H2,1-3H3;7-10H,3-6H2,1-2H3;6-8,10H,3-5H2,1-2H3;3-4H,1-2H3;4H,2-3H2,1H3;1H4;1H. The maximum absolute atomic E-state index is 10.4. The van der Waals surface area contributed by atoms with E-state index >= 15 is 0 Å². The topological polar surface area (TPSA) is 345 Å². The van der Waals surface area contributed by atoms with Gasteiger partial charge in [0.1, 0.15) is 37.7 Å². The second-order valence-electron chi connectivity index (χ2n) is 27.8. The number of carbonyl (C=O) groups is 6. The largest absolute Gasteiger partial charge is 0.396 e. The summed E-state index contributed by atoms with van der Waals surface area (Å²) in [6.07, 6.45) is 13.4. The van der Waals surface area contributed by atoms with Gasteiger partial charge in [-0.1, -0.05) is 220 Å². The zero-order valence-corrected chi connectivity index (χ0v) is 62.8. The summed E-state index contributed by atoms with van der Waals surface area (Å²) in [5.74, 6) is 0.782. The van der Waals surface area contributed by atoms with Crippen LogP contribution in [0, 0.1) is 74.9 Å². The Labute approximate surface area is 561 Å². The third kappa shape index (κ3) is 67.3. The molecule has 0 rings (SSSR count). The van der Waals surface area contributed by atoms with Gasteiger partial charge in [-0.05, 0) is 81.5 Å². The van der Waals surface area contributed by atoms with Gasteiger partial charge in [0.25, 0.3) is 0 Å². The van der Waals surface area contributed by atoms with Crippen molar-refractivity contribution in [3.8, 4) is 0 Å². The van der Waals surface area contributed by atoms with E-state index in [1.165, 1.54) is 0 Å².